The van der Waals surface area contributed by atoms with E-state index in [1.165, 1.54) is 25.7 Å². The monoisotopic (exact) mass is 352 g/mol. The Morgan fingerprint density at radius 2 is 1.90 bits per heavy atom. The molecule has 1 atom stereocenters. The third-order valence-electron chi connectivity index (χ3n) is 5.00. The third-order valence-corrected chi connectivity index (χ3v) is 5.49. The second kappa shape index (κ2) is 7.15. The van der Waals surface area contributed by atoms with Gasteiger partial charge in [-0.15, -0.1) is 0 Å². The Morgan fingerprint density at radius 1 is 1.24 bits per heavy atom. The minimum atomic E-state index is 0.389. The molecule has 0 spiro atoms. The van der Waals surface area contributed by atoms with Gasteiger partial charge in [-0.05, 0) is 61.1 Å². The van der Waals surface area contributed by atoms with Crippen LogP contribution in [-0.2, 0) is 0 Å². The normalized spacial score (nSPS) is 24.6. The summed E-state index contributed by atoms with van der Waals surface area (Å²) in [6.45, 7) is 7.83. The van der Waals surface area contributed by atoms with Crippen LogP contribution in [0.5, 0.6) is 0 Å². The number of rotatable bonds is 4. The quantitative estimate of drug-likeness (QED) is 0.796. The highest BCUT2D eigenvalue weighted by Gasteiger charge is 2.32. The lowest BCUT2D eigenvalue weighted by molar-refractivity contribution is 0.143. The van der Waals surface area contributed by atoms with Crippen LogP contribution in [0.15, 0.2) is 28.7 Å². The molecule has 1 aromatic rings. The van der Waals surface area contributed by atoms with Gasteiger partial charge in [0, 0.05) is 22.7 Å². The number of hydrogen-bond donors (Lipinski definition) is 2. The van der Waals surface area contributed by atoms with Crippen LogP contribution in [0.25, 0.3) is 0 Å². The van der Waals surface area contributed by atoms with Crippen LogP contribution in [0.1, 0.15) is 46.5 Å². The van der Waals surface area contributed by atoms with Crippen molar-refractivity contribution in [2.24, 2.45) is 23.0 Å². The van der Waals surface area contributed by atoms with E-state index in [4.69, 9.17) is 5.73 Å². The average Bonchev–Trinajstić information content (AvgIpc) is 2.44. The largest absolute Gasteiger partial charge is 0.381 e. The van der Waals surface area contributed by atoms with Crippen LogP contribution in [-0.4, -0.2) is 12.6 Å². The molecule has 0 heterocycles. The van der Waals surface area contributed by atoms with Gasteiger partial charge in [0.1, 0.15) is 0 Å². The lowest BCUT2D eigenvalue weighted by Crippen LogP contribution is -2.39. The minimum Gasteiger partial charge on any atom is -0.381 e. The van der Waals surface area contributed by atoms with Gasteiger partial charge >= 0.3 is 0 Å². The number of nitrogens with one attached hydrogen (secondary N) is 1. The van der Waals surface area contributed by atoms with Gasteiger partial charge in [0.15, 0.2) is 0 Å². The van der Waals surface area contributed by atoms with Crippen LogP contribution < -0.4 is 11.1 Å². The Hall–Kier alpha value is -0.540. The van der Waals surface area contributed by atoms with Crippen LogP contribution >= 0.6 is 15.9 Å². The molecule has 0 saturated heterocycles. The first-order valence-corrected chi connectivity index (χ1v) is 8.91. The van der Waals surface area contributed by atoms with E-state index >= 15 is 0 Å². The summed E-state index contributed by atoms with van der Waals surface area (Å²) in [4.78, 5) is 0. The molecule has 3 N–H and O–H groups in total. The molecule has 1 aliphatic carbocycles. The Kier molecular flexibility index (Phi) is 5.73. The molecule has 0 bridgehead atoms. The molecule has 0 aliphatic heterocycles. The molecular formula is C18H29BrN2. The molecule has 21 heavy (non-hydrogen) atoms. The molecule has 1 aromatic carbocycles. The Labute approximate surface area is 138 Å². The zero-order valence-corrected chi connectivity index (χ0v) is 15.1. The summed E-state index contributed by atoms with van der Waals surface area (Å²) in [7, 11) is 0. The molecule has 2 nitrogen and oxygen atoms in total. The summed E-state index contributed by atoms with van der Waals surface area (Å²) in [5.74, 6) is 1.56. The zero-order valence-electron chi connectivity index (χ0n) is 13.5. The van der Waals surface area contributed by atoms with Crippen molar-refractivity contribution in [3.8, 4) is 0 Å². The Bertz CT molecular complexity index is 445. The first-order chi connectivity index (χ1) is 9.90. The molecule has 1 unspecified atom stereocenters. The third kappa shape index (κ3) is 4.72. The van der Waals surface area contributed by atoms with E-state index in [1.54, 1.807) is 0 Å². The van der Waals surface area contributed by atoms with Gasteiger partial charge in [0.05, 0.1) is 0 Å². The van der Waals surface area contributed by atoms with E-state index in [-0.39, 0.29) is 0 Å². The van der Waals surface area contributed by atoms with Crippen molar-refractivity contribution in [1.82, 2.24) is 0 Å². The second-order valence-electron chi connectivity index (χ2n) is 7.47. The number of halogens is 1. The number of benzene rings is 1. The molecule has 1 fully saturated rings. The minimum absolute atomic E-state index is 0.389. The van der Waals surface area contributed by atoms with Gasteiger partial charge in [-0.3, -0.25) is 0 Å². The standard InChI is InChI=1S/C18H29BrN2/c1-18(2,3)14-9-7-13(8-10-14)17(12-20)21-16-6-4-5-15(19)11-16/h4-6,11,13-14,17,21H,7-10,12,20H2,1-3H3. The van der Waals surface area contributed by atoms with Crippen molar-refractivity contribution >= 4 is 21.6 Å². The zero-order chi connectivity index (χ0) is 15.5. The maximum Gasteiger partial charge on any atom is 0.0411 e. The molecular weight excluding hydrogens is 324 g/mol. The molecule has 0 aromatic heterocycles. The van der Waals surface area contributed by atoms with Crippen LogP contribution in [0.4, 0.5) is 5.69 Å². The Morgan fingerprint density at radius 3 is 2.43 bits per heavy atom. The van der Waals surface area contributed by atoms with E-state index in [1.807, 2.05) is 0 Å². The first-order valence-electron chi connectivity index (χ1n) is 8.12. The maximum atomic E-state index is 6.04. The highest BCUT2D eigenvalue weighted by Crippen LogP contribution is 2.41. The predicted octanol–water partition coefficient (Wildman–Crippen LogP) is 5.04. The van der Waals surface area contributed by atoms with Gasteiger partial charge in [-0.25, -0.2) is 0 Å². The molecule has 3 heteroatoms. The fraction of sp³-hybridized carbons (Fsp3) is 0.667. The lowest BCUT2D eigenvalue weighted by atomic mass is 9.68. The van der Waals surface area contributed by atoms with Crippen LogP contribution in [0, 0.1) is 17.3 Å². The molecule has 1 aliphatic rings. The van der Waals surface area contributed by atoms with Crippen LogP contribution in [0.2, 0.25) is 0 Å². The van der Waals surface area contributed by atoms with E-state index in [0.717, 1.165) is 16.1 Å². The van der Waals surface area contributed by atoms with E-state index in [9.17, 15) is 0 Å². The smallest absolute Gasteiger partial charge is 0.0411 e. The molecule has 2 rings (SSSR count). The topological polar surface area (TPSA) is 38.0 Å². The number of anilines is 1. The fourth-order valence-corrected chi connectivity index (χ4v) is 3.95. The van der Waals surface area contributed by atoms with E-state index in [0.29, 0.717) is 23.9 Å². The highest BCUT2D eigenvalue weighted by atomic mass is 79.9. The van der Waals surface area contributed by atoms with Gasteiger partial charge < -0.3 is 11.1 Å². The summed E-state index contributed by atoms with van der Waals surface area (Å²) in [6.07, 6.45) is 5.27. The highest BCUT2D eigenvalue weighted by molar-refractivity contribution is 9.10. The fourth-order valence-electron chi connectivity index (χ4n) is 3.55. The van der Waals surface area contributed by atoms with E-state index < -0.39 is 0 Å². The summed E-state index contributed by atoms with van der Waals surface area (Å²) < 4.78 is 1.11. The SMILES string of the molecule is CC(C)(C)C1CCC(C(CN)Nc2cccc(Br)c2)CC1. The van der Waals surface area contributed by atoms with Gasteiger partial charge in [0.2, 0.25) is 0 Å². The predicted molar refractivity (Wildman–Crippen MR) is 95.5 cm³/mol. The van der Waals surface area contributed by atoms with Gasteiger partial charge in [0.25, 0.3) is 0 Å². The molecule has 0 amide bonds. The van der Waals surface area contributed by atoms with Crippen molar-refractivity contribution in [2.75, 3.05) is 11.9 Å². The van der Waals surface area contributed by atoms with Gasteiger partial charge in [-0.1, -0.05) is 42.8 Å². The Balaban J connectivity index is 1.94. The average molecular weight is 353 g/mol. The van der Waals surface area contributed by atoms with Gasteiger partial charge in [-0.2, -0.15) is 0 Å². The van der Waals surface area contributed by atoms with Crippen molar-refractivity contribution in [1.29, 1.82) is 0 Å². The summed E-state index contributed by atoms with van der Waals surface area (Å²) in [5.41, 5.74) is 7.65. The van der Waals surface area contributed by atoms with Crippen molar-refractivity contribution in [3.05, 3.63) is 28.7 Å². The van der Waals surface area contributed by atoms with Crippen molar-refractivity contribution in [2.45, 2.75) is 52.5 Å². The molecule has 118 valence electrons. The number of hydrogen-bond acceptors (Lipinski definition) is 2. The molecule has 1 saturated carbocycles. The summed E-state index contributed by atoms with van der Waals surface area (Å²) >= 11 is 3.53. The second-order valence-corrected chi connectivity index (χ2v) is 8.39. The van der Waals surface area contributed by atoms with Crippen molar-refractivity contribution in [3.63, 3.8) is 0 Å². The van der Waals surface area contributed by atoms with E-state index in [2.05, 4.69) is 66.3 Å². The summed E-state index contributed by atoms with van der Waals surface area (Å²) in [6, 6.07) is 8.76. The lowest BCUT2D eigenvalue weighted by Gasteiger charge is -2.39. The number of nitrogens with two attached hydrogens (primary N) is 1. The molecule has 0 radical (unpaired) electrons. The van der Waals surface area contributed by atoms with Crippen molar-refractivity contribution < 1.29 is 0 Å². The van der Waals surface area contributed by atoms with Crippen LogP contribution in [0.3, 0.4) is 0 Å². The maximum absolute atomic E-state index is 6.04. The summed E-state index contributed by atoms with van der Waals surface area (Å²) in [5, 5.41) is 3.64. The first kappa shape index (κ1) is 16.8.